The summed E-state index contributed by atoms with van der Waals surface area (Å²) in [6, 6.07) is 0. The summed E-state index contributed by atoms with van der Waals surface area (Å²) in [6.45, 7) is 2.02. The minimum absolute atomic E-state index is 0. The van der Waals surface area contributed by atoms with Gasteiger partial charge in [0, 0.05) is 6.42 Å². The fourth-order valence-electron chi connectivity index (χ4n) is 3.32. The van der Waals surface area contributed by atoms with Crippen LogP contribution in [-0.4, -0.2) is 54.3 Å². The topological polar surface area (TPSA) is 150 Å². The minimum Gasteiger partial charge on any atom is -0.747 e. The third-order valence-corrected chi connectivity index (χ3v) is 6.39. The van der Waals surface area contributed by atoms with Gasteiger partial charge >= 0.3 is 71.1 Å². The molecule has 0 fully saturated rings. The average molecular weight is 551 g/mol. The molecule has 0 aromatic heterocycles. The zero-order chi connectivity index (χ0) is 25.7. The van der Waals surface area contributed by atoms with Crippen molar-refractivity contribution in [3.63, 3.8) is 0 Å². The van der Waals surface area contributed by atoms with E-state index in [0.29, 0.717) is 6.42 Å². The number of carboxylic acids is 1. The predicted octanol–water partition coefficient (Wildman–Crippen LogP) is -1.92. The third-order valence-electron chi connectivity index (χ3n) is 5.33. The Bertz CT molecular complexity index is 717. The van der Waals surface area contributed by atoms with Crippen molar-refractivity contribution in [2.45, 2.75) is 108 Å². The first-order valence-corrected chi connectivity index (χ1v) is 13.9. The fourth-order valence-corrected chi connectivity index (χ4v) is 3.91. The van der Waals surface area contributed by atoms with Crippen molar-refractivity contribution >= 4 is 28.0 Å². The van der Waals surface area contributed by atoms with Gasteiger partial charge in [-0.25, -0.2) is 8.42 Å². The standard InChI is InChI=1S/C24H43NO8S.2Na/c1-2-3-4-5-6-7-8-9-10-11-12-13-14-15-16-17-22(26)25-18-19-33-23(27)20-21(24(28)29)34(30,31)32;;/h9-10,21H,2-8,11-20H2,1H3,(H,25,26)(H,28,29)(H,30,31,32);;/q;2*+1/p-1/b10-9-;;. The number of amides is 1. The van der Waals surface area contributed by atoms with Crippen LogP contribution in [0.25, 0.3) is 0 Å². The maximum Gasteiger partial charge on any atom is 1.00 e. The molecule has 9 nitrogen and oxygen atoms in total. The van der Waals surface area contributed by atoms with Crippen LogP contribution in [0.4, 0.5) is 0 Å². The second kappa shape index (κ2) is 26.7. The van der Waals surface area contributed by atoms with Crippen LogP contribution < -0.4 is 64.4 Å². The zero-order valence-corrected chi connectivity index (χ0v) is 27.3. The molecule has 0 aliphatic heterocycles. The molecule has 0 aliphatic rings. The van der Waals surface area contributed by atoms with Crippen LogP contribution in [0, 0.1) is 0 Å². The number of esters is 1. The van der Waals surface area contributed by atoms with E-state index in [1.54, 1.807) is 0 Å². The number of allylic oxidation sites excluding steroid dienone is 2. The summed E-state index contributed by atoms with van der Waals surface area (Å²) < 4.78 is 37.1. The van der Waals surface area contributed by atoms with Crippen molar-refractivity contribution in [1.82, 2.24) is 5.32 Å². The monoisotopic (exact) mass is 550 g/mol. The summed E-state index contributed by atoms with van der Waals surface area (Å²) in [4.78, 5) is 34.0. The van der Waals surface area contributed by atoms with Crippen molar-refractivity contribution in [2.75, 3.05) is 13.2 Å². The Morgan fingerprint density at radius 3 is 1.89 bits per heavy atom. The number of rotatable bonds is 22. The number of carbonyl (C=O) groups is 3. The maximum absolute atomic E-state index is 11.8. The van der Waals surface area contributed by atoms with Crippen molar-refractivity contribution in [1.29, 1.82) is 0 Å². The number of carboxylic acid groups (broad SMARTS) is 1. The number of ether oxygens (including phenoxy) is 1. The molecule has 1 amide bonds. The van der Waals surface area contributed by atoms with Crippen molar-refractivity contribution in [3.05, 3.63) is 12.2 Å². The van der Waals surface area contributed by atoms with E-state index in [1.807, 2.05) is 0 Å². The molecule has 0 saturated carbocycles. The molecule has 0 bridgehead atoms. The molecule has 0 heterocycles. The van der Waals surface area contributed by atoms with Gasteiger partial charge in [-0.15, -0.1) is 0 Å². The molecule has 0 spiro atoms. The molecule has 36 heavy (non-hydrogen) atoms. The molecule has 1 atom stereocenters. The Labute approximate surface area is 261 Å². The summed E-state index contributed by atoms with van der Waals surface area (Å²) in [5, 5.41) is 8.88. The summed E-state index contributed by atoms with van der Waals surface area (Å²) in [5.74, 6) is -3.21. The van der Waals surface area contributed by atoms with Crippen molar-refractivity contribution < 1.29 is 96.3 Å². The number of aliphatic carboxylic acids is 1. The normalized spacial score (nSPS) is 11.8. The molecule has 12 heteroatoms. The summed E-state index contributed by atoms with van der Waals surface area (Å²) >= 11 is 0. The molecule has 0 aromatic rings. The SMILES string of the molecule is CCCCCCCC/C=C\CCCCCCCC(=O)NCCOC(=O)CC(C(=O)O)S(=O)(=O)[O-].[Na+].[Na+]. The van der Waals surface area contributed by atoms with Crippen LogP contribution in [0.3, 0.4) is 0 Å². The maximum atomic E-state index is 11.8. The van der Waals surface area contributed by atoms with Gasteiger partial charge in [-0.1, -0.05) is 70.4 Å². The van der Waals surface area contributed by atoms with E-state index in [4.69, 9.17) is 5.11 Å². The number of hydrogen-bond acceptors (Lipinski definition) is 7. The van der Waals surface area contributed by atoms with Crippen LogP contribution >= 0.6 is 0 Å². The van der Waals surface area contributed by atoms with Gasteiger partial charge < -0.3 is 19.7 Å². The number of hydrogen-bond donors (Lipinski definition) is 2. The first-order chi connectivity index (χ1) is 16.2. The molecule has 0 saturated heterocycles. The molecule has 2 N–H and O–H groups in total. The van der Waals surface area contributed by atoms with Gasteiger partial charge in [0.05, 0.1) is 13.0 Å². The van der Waals surface area contributed by atoms with E-state index in [1.165, 1.54) is 44.9 Å². The molecule has 0 aromatic carbocycles. The number of unbranched alkanes of at least 4 members (excludes halogenated alkanes) is 11. The first kappa shape index (κ1) is 40.6. The van der Waals surface area contributed by atoms with Crippen LogP contribution in [0.5, 0.6) is 0 Å². The van der Waals surface area contributed by atoms with Gasteiger partial charge in [0.15, 0.2) is 5.25 Å². The largest absolute Gasteiger partial charge is 1.00 e. The van der Waals surface area contributed by atoms with Gasteiger partial charge in [-0.2, -0.15) is 0 Å². The Kier molecular flexibility index (Phi) is 30.0. The Morgan fingerprint density at radius 2 is 1.39 bits per heavy atom. The Balaban J connectivity index is -0.00000544. The van der Waals surface area contributed by atoms with Crippen LogP contribution in [-0.2, 0) is 29.2 Å². The van der Waals surface area contributed by atoms with Gasteiger partial charge in [0.2, 0.25) is 5.91 Å². The molecule has 0 aliphatic carbocycles. The van der Waals surface area contributed by atoms with Crippen LogP contribution in [0.1, 0.15) is 103 Å². The minimum atomic E-state index is -5.16. The third kappa shape index (κ3) is 25.7. The summed E-state index contributed by atoms with van der Waals surface area (Å²) in [7, 11) is -5.16. The van der Waals surface area contributed by atoms with Crippen LogP contribution in [0.15, 0.2) is 12.2 Å². The predicted molar refractivity (Wildman–Crippen MR) is 129 cm³/mol. The average Bonchev–Trinajstić information content (AvgIpc) is 2.76. The van der Waals surface area contributed by atoms with Gasteiger partial charge in [0.1, 0.15) is 16.7 Å². The summed E-state index contributed by atoms with van der Waals surface area (Å²) in [5.41, 5.74) is 0. The smallest absolute Gasteiger partial charge is 0.747 e. The van der Waals surface area contributed by atoms with Crippen LogP contribution in [0.2, 0.25) is 0 Å². The van der Waals surface area contributed by atoms with Crippen molar-refractivity contribution in [2.24, 2.45) is 0 Å². The first-order valence-electron chi connectivity index (χ1n) is 12.4. The molecular formula is C24H42NNa2O8S+. The van der Waals surface area contributed by atoms with Gasteiger partial charge in [0.25, 0.3) is 0 Å². The van der Waals surface area contributed by atoms with E-state index >= 15 is 0 Å². The van der Waals surface area contributed by atoms with E-state index < -0.39 is 33.7 Å². The fraction of sp³-hybridized carbons (Fsp3) is 0.792. The molecular weight excluding hydrogens is 508 g/mol. The van der Waals surface area contributed by atoms with E-state index in [9.17, 15) is 27.4 Å². The zero-order valence-electron chi connectivity index (χ0n) is 22.5. The molecule has 0 radical (unpaired) electrons. The summed E-state index contributed by atoms with van der Waals surface area (Å²) in [6.07, 6.45) is 19.2. The van der Waals surface area contributed by atoms with Crippen molar-refractivity contribution in [3.8, 4) is 0 Å². The Hall–Kier alpha value is 0.0600. The van der Waals surface area contributed by atoms with E-state index in [0.717, 1.165) is 38.5 Å². The molecule has 0 rings (SSSR count). The number of nitrogens with one attached hydrogen (secondary N) is 1. The van der Waals surface area contributed by atoms with E-state index in [-0.39, 0.29) is 78.2 Å². The van der Waals surface area contributed by atoms with Gasteiger partial charge in [-0.3, -0.25) is 14.4 Å². The molecule has 198 valence electrons. The number of carbonyl (C=O) groups excluding carboxylic acids is 2. The quantitative estimate of drug-likeness (QED) is 0.0521. The van der Waals surface area contributed by atoms with E-state index in [2.05, 4.69) is 29.1 Å². The molecule has 1 unspecified atom stereocenters. The van der Waals surface area contributed by atoms with Gasteiger partial charge in [-0.05, 0) is 32.1 Å². The second-order valence-corrected chi connectivity index (χ2v) is 9.98. The Morgan fingerprint density at radius 1 is 0.889 bits per heavy atom. The second-order valence-electron chi connectivity index (χ2n) is 8.43.